The topological polar surface area (TPSA) is 55.1 Å². The lowest BCUT2D eigenvalue weighted by molar-refractivity contribution is 0.102. The Morgan fingerprint density at radius 3 is 2.53 bits per heavy atom. The van der Waals surface area contributed by atoms with Crippen molar-refractivity contribution in [3.05, 3.63) is 57.8 Å². The molecule has 2 aromatic carbocycles. The van der Waals surface area contributed by atoms with Crippen LogP contribution in [0.25, 0.3) is 0 Å². The van der Waals surface area contributed by atoms with Gasteiger partial charge in [-0.2, -0.15) is 0 Å². The molecule has 1 amide bonds. The third kappa shape index (κ3) is 3.16. The van der Waals surface area contributed by atoms with Crippen molar-refractivity contribution < 1.29 is 9.18 Å². The van der Waals surface area contributed by atoms with E-state index in [9.17, 15) is 9.18 Å². The van der Waals surface area contributed by atoms with Gasteiger partial charge in [-0.15, -0.1) is 0 Å². The number of amides is 1. The van der Waals surface area contributed by atoms with E-state index in [1.807, 2.05) is 0 Å². The van der Waals surface area contributed by atoms with Crippen LogP contribution < -0.4 is 11.1 Å². The van der Waals surface area contributed by atoms with Gasteiger partial charge in [0, 0.05) is 5.02 Å². The van der Waals surface area contributed by atoms with Crippen LogP contribution in [0.2, 0.25) is 10.0 Å². The van der Waals surface area contributed by atoms with Crippen LogP contribution in [-0.2, 0) is 0 Å². The van der Waals surface area contributed by atoms with Crippen molar-refractivity contribution in [2.24, 2.45) is 0 Å². The summed E-state index contributed by atoms with van der Waals surface area (Å²) in [6.45, 7) is 0. The Morgan fingerprint density at radius 2 is 1.89 bits per heavy atom. The van der Waals surface area contributed by atoms with Crippen molar-refractivity contribution >= 4 is 40.5 Å². The van der Waals surface area contributed by atoms with Gasteiger partial charge < -0.3 is 11.1 Å². The Labute approximate surface area is 119 Å². The summed E-state index contributed by atoms with van der Waals surface area (Å²) in [6.07, 6.45) is 0. The van der Waals surface area contributed by atoms with E-state index in [4.69, 9.17) is 28.9 Å². The average molecular weight is 299 g/mol. The summed E-state index contributed by atoms with van der Waals surface area (Å²) >= 11 is 11.6. The quantitative estimate of drug-likeness (QED) is 0.824. The first-order valence-electron chi connectivity index (χ1n) is 5.29. The second-order valence-electron chi connectivity index (χ2n) is 3.81. The molecule has 3 N–H and O–H groups in total. The minimum Gasteiger partial charge on any atom is -0.397 e. The molecule has 0 bridgehead atoms. The first kappa shape index (κ1) is 13.6. The first-order valence-corrected chi connectivity index (χ1v) is 6.04. The van der Waals surface area contributed by atoms with Gasteiger partial charge in [-0.3, -0.25) is 4.79 Å². The van der Waals surface area contributed by atoms with Crippen molar-refractivity contribution in [1.82, 2.24) is 0 Å². The molecule has 0 unspecified atom stereocenters. The number of rotatable bonds is 2. The molecule has 2 aromatic rings. The fourth-order valence-electron chi connectivity index (χ4n) is 1.51. The van der Waals surface area contributed by atoms with Crippen LogP contribution >= 0.6 is 23.2 Å². The number of hydrogen-bond acceptors (Lipinski definition) is 2. The summed E-state index contributed by atoms with van der Waals surface area (Å²) < 4.78 is 12.9. The molecule has 19 heavy (non-hydrogen) atoms. The number of halogens is 3. The first-order chi connectivity index (χ1) is 8.97. The normalized spacial score (nSPS) is 10.3. The number of nitrogen functional groups attached to an aromatic ring is 1. The molecule has 0 saturated carbocycles. The zero-order valence-electron chi connectivity index (χ0n) is 9.58. The molecule has 0 aliphatic rings. The fourth-order valence-corrected chi connectivity index (χ4v) is 1.94. The highest BCUT2D eigenvalue weighted by atomic mass is 35.5. The van der Waals surface area contributed by atoms with Crippen LogP contribution in [0, 0.1) is 5.82 Å². The van der Waals surface area contributed by atoms with E-state index >= 15 is 0 Å². The summed E-state index contributed by atoms with van der Waals surface area (Å²) in [4.78, 5) is 12.0. The molecule has 0 saturated heterocycles. The van der Waals surface area contributed by atoms with Gasteiger partial charge in [-0.25, -0.2) is 4.39 Å². The molecule has 98 valence electrons. The molecule has 0 spiro atoms. The highest BCUT2D eigenvalue weighted by Crippen LogP contribution is 2.24. The van der Waals surface area contributed by atoms with E-state index in [1.165, 1.54) is 12.1 Å². The SMILES string of the molecule is Nc1cc(Cl)ccc1NC(=O)c1ccc(F)cc1Cl. The summed E-state index contributed by atoms with van der Waals surface area (Å²) in [5.74, 6) is -0.980. The van der Waals surface area contributed by atoms with E-state index in [1.54, 1.807) is 12.1 Å². The molecule has 6 heteroatoms. The van der Waals surface area contributed by atoms with Gasteiger partial charge in [-0.05, 0) is 36.4 Å². The third-order valence-corrected chi connectivity index (χ3v) is 2.99. The summed E-state index contributed by atoms with van der Waals surface area (Å²) in [5.41, 5.74) is 6.63. The maximum Gasteiger partial charge on any atom is 0.257 e. The minimum atomic E-state index is -0.507. The molecular formula is C13H9Cl2FN2O. The lowest BCUT2D eigenvalue weighted by Gasteiger charge is -2.09. The third-order valence-electron chi connectivity index (χ3n) is 2.44. The van der Waals surface area contributed by atoms with Crippen LogP contribution in [0.4, 0.5) is 15.8 Å². The second kappa shape index (κ2) is 5.47. The molecule has 2 rings (SSSR count). The highest BCUT2D eigenvalue weighted by molar-refractivity contribution is 6.34. The molecule has 0 atom stereocenters. The van der Waals surface area contributed by atoms with Crippen LogP contribution in [0.15, 0.2) is 36.4 Å². The number of carbonyl (C=O) groups is 1. The van der Waals surface area contributed by atoms with Crippen LogP contribution in [-0.4, -0.2) is 5.91 Å². The summed E-state index contributed by atoms with van der Waals surface area (Å²) in [6, 6.07) is 8.23. The van der Waals surface area contributed by atoms with Gasteiger partial charge in [0.25, 0.3) is 5.91 Å². The Bertz CT molecular complexity index is 647. The Kier molecular flexibility index (Phi) is 3.93. The van der Waals surface area contributed by atoms with Gasteiger partial charge in [0.1, 0.15) is 5.82 Å². The molecule has 0 fully saturated rings. The van der Waals surface area contributed by atoms with Gasteiger partial charge in [0.05, 0.1) is 22.0 Å². The zero-order chi connectivity index (χ0) is 14.0. The predicted octanol–water partition coefficient (Wildman–Crippen LogP) is 3.97. The fraction of sp³-hybridized carbons (Fsp3) is 0. The lowest BCUT2D eigenvalue weighted by Crippen LogP contribution is -2.13. The standard InChI is InChI=1S/C13H9Cl2FN2O/c14-7-1-4-12(11(17)5-7)18-13(19)9-3-2-8(16)6-10(9)15/h1-6H,17H2,(H,18,19). The van der Waals surface area contributed by atoms with Crippen LogP contribution in [0.5, 0.6) is 0 Å². The van der Waals surface area contributed by atoms with E-state index in [2.05, 4.69) is 5.32 Å². The maximum absolute atomic E-state index is 12.9. The van der Waals surface area contributed by atoms with Crippen molar-refractivity contribution in [2.75, 3.05) is 11.1 Å². The van der Waals surface area contributed by atoms with Crippen molar-refractivity contribution in [3.63, 3.8) is 0 Å². The molecule has 0 aromatic heterocycles. The predicted molar refractivity (Wildman–Crippen MR) is 75.2 cm³/mol. The van der Waals surface area contributed by atoms with E-state index in [0.717, 1.165) is 12.1 Å². The van der Waals surface area contributed by atoms with Gasteiger partial charge >= 0.3 is 0 Å². The zero-order valence-corrected chi connectivity index (χ0v) is 11.1. The molecule has 0 radical (unpaired) electrons. The van der Waals surface area contributed by atoms with E-state index in [0.29, 0.717) is 16.4 Å². The van der Waals surface area contributed by atoms with Crippen molar-refractivity contribution in [1.29, 1.82) is 0 Å². The van der Waals surface area contributed by atoms with Gasteiger partial charge in [0.15, 0.2) is 0 Å². The van der Waals surface area contributed by atoms with Gasteiger partial charge in [0.2, 0.25) is 0 Å². The number of carbonyl (C=O) groups excluding carboxylic acids is 1. The number of hydrogen-bond donors (Lipinski definition) is 2. The Balaban J connectivity index is 2.25. The number of anilines is 2. The monoisotopic (exact) mass is 298 g/mol. The molecule has 0 aliphatic carbocycles. The van der Waals surface area contributed by atoms with E-state index in [-0.39, 0.29) is 10.6 Å². The molecule has 3 nitrogen and oxygen atoms in total. The van der Waals surface area contributed by atoms with Crippen molar-refractivity contribution in [3.8, 4) is 0 Å². The molecular weight excluding hydrogens is 290 g/mol. The number of nitrogens with two attached hydrogens (primary N) is 1. The highest BCUT2D eigenvalue weighted by Gasteiger charge is 2.12. The summed E-state index contributed by atoms with van der Waals surface area (Å²) in [5, 5.41) is 3.08. The van der Waals surface area contributed by atoms with Crippen molar-refractivity contribution in [2.45, 2.75) is 0 Å². The Morgan fingerprint density at radius 1 is 1.16 bits per heavy atom. The van der Waals surface area contributed by atoms with E-state index < -0.39 is 11.7 Å². The van der Waals surface area contributed by atoms with Gasteiger partial charge in [-0.1, -0.05) is 23.2 Å². The smallest absolute Gasteiger partial charge is 0.257 e. The largest absolute Gasteiger partial charge is 0.397 e. The number of benzene rings is 2. The average Bonchev–Trinajstić information content (AvgIpc) is 2.32. The van der Waals surface area contributed by atoms with Crippen LogP contribution in [0.3, 0.4) is 0 Å². The maximum atomic E-state index is 12.9. The lowest BCUT2D eigenvalue weighted by atomic mass is 10.2. The molecule has 0 heterocycles. The number of nitrogens with one attached hydrogen (secondary N) is 1. The molecule has 0 aliphatic heterocycles. The minimum absolute atomic E-state index is 0.0324. The second-order valence-corrected chi connectivity index (χ2v) is 4.65. The summed E-state index contributed by atoms with van der Waals surface area (Å²) in [7, 11) is 0. The Hall–Kier alpha value is -1.78. The van der Waals surface area contributed by atoms with Crippen LogP contribution in [0.1, 0.15) is 10.4 Å².